The molecular weight excluding hydrogens is 264 g/mol. The minimum Gasteiger partial charge on any atom is -0.446 e. The maximum absolute atomic E-state index is 5.92. The highest BCUT2D eigenvalue weighted by atomic mass is 35.5. The Bertz CT molecular complexity index is 475. The average molecular weight is 281 g/mol. The normalized spacial score (nSPS) is 10.6. The Kier molecular flexibility index (Phi) is 5.09. The molecule has 0 fully saturated rings. The summed E-state index contributed by atoms with van der Waals surface area (Å²) in [6.07, 6.45) is 3.51. The van der Waals surface area contributed by atoms with Crippen LogP contribution in [-0.4, -0.2) is 0 Å². The number of ether oxygens (including phenoxy) is 1. The van der Waals surface area contributed by atoms with Crippen molar-refractivity contribution in [1.29, 1.82) is 0 Å². The maximum Gasteiger partial charge on any atom is 0.184 e. The highest BCUT2D eigenvalue weighted by Gasteiger charge is 2.06. The molecule has 0 N–H and O–H groups in total. The first kappa shape index (κ1) is 13.4. The van der Waals surface area contributed by atoms with Gasteiger partial charge in [-0.3, -0.25) is 0 Å². The van der Waals surface area contributed by atoms with Crippen LogP contribution in [-0.2, 0) is 12.3 Å². The van der Waals surface area contributed by atoms with Gasteiger partial charge in [-0.05, 0) is 42.0 Å². The van der Waals surface area contributed by atoms with Crippen molar-refractivity contribution >= 4 is 22.9 Å². The Morgan fingerprint density at radius 1 is 1.17 bits per heavy atom. The van der Waals surface area contributed by atoms with Crippen LogP contribution in [0.5, 0.6) is 10.8 Å². The number of unbranched alkanes of at least 4 members (excludes halogenated alkanes) is 1. The summed E-state index contributed by atoms with van der Waals surface area (Å²) in [4.78, 5) is 0. The molecule has 0 aliphatic heterocycles. The van der Waals surface area contributed by atoms with Crippen LogP contribution in [0.3, 0.4) is 0 Å². The summed E-state index contributed by atoms with van der Waals surface area (Å²) in [7, 11) is 0. The van der Waals surface area contributed by atoms with Gasteiger partial charge in [0.2, 0.25) is 0 Å². The molecule has 1 aromatic carbocycles. The van der Waals surface area contributed by atoms with Crippen LogP contribution in [0.2, 0.25) is 0 Å². The molecule has 0 radical (unpaired) electrons. The van der Waals surface area contributed by atoms with Gasteiger partial charge in [0.25, 0.3) is 0 Å². The third kappa shape index (κ3) is 3.50. The van der Waals surface area contributed by atoms with Gasteiger partial charge in [0.05, 0.1) is 0 Å². The molecule has 96 valence electrons. The Hall–Kier alpha value is -0.990. The quantitative estimate of drug-likeness (QED) is 0.624. The average Bonchev–Trinajstić information content (AvgIpc) is 2.84. The molecule has 18 heavy (non-hydrogen) atoms. The predicted octanol–water partition coefficient (Wildman–Crippen LogP) is 5.62. The van der Waals surface area contributed by atoms with Gasteiger partial charge in [0.1, 0.15) is 5.75 Å². The van der Waals surface area contributed by atoms with E-state index in [0.29, 0.717) is 5.88 Å². The van der Waals surface area contributed by atoms with E-state index in [2.05, 4.69) is 18.4 Å². The zero-order valence-electron chi connectivity index (χ0n) is 10.5. The summed E-state index contributed by atoms with van der Waals surface area (Å²) < 4.78 is 5.92. The van der Waals surface area contributed by atoms with E-state index in [1.807, 2.05) is 24.3 Å². The third-order valence-corrected chi connectivity index (χ3v) is 3.93. The summed E-state index contributed by atoms with van der Waals surface area (Å²) in [6, 6.07) is 10.1. The number of hydrogen-bond donors (Lipinski definition) is 0. The van der Waals surface area contributed by atoms with Crippen LogP contribution in [0, 0.1) is 0 Å². The monoisotopic (exact) mass is 280 g/mol. The standard InChI is InChI=1S/C15H17ClOS/c1-2-3-4-13-9-10-18-15(13)17-14-7-5-12(11-16)6-8-14/h5-10H,2-4,11H2,1H3. The molecule has 0 aliphatic carbocycles. The van der Waals surface area contributed by atoms with Gasteiger partial charge in [-0.2, -0.15) is 0 Å². The van der Waals surface area contributed by atoms with Gasteiger partial charge in [-0.25, -0.2) is 0 Å². The number of halogens is 1. The van der Waals surface area contributed by atoms with Gasteiger partial charge in [-0.1, -0.05) is 25.5 Å². The molecule has 1 heterocycles. The Labute approximate surface area is 117 Å². The van der Waals surface area contributed by atoms with Crippen LogP contribution in [0.25, 0.3) is 0 Å². The topological polar surface area (TPSA) is 9.23 Å². The maximum atomic E-state index is 5.92. The SMILES string of the molecule is CCCCc1ccsc1Oc1ccc(CCl)cc1. The van der Waals surface area contributed by atoms with E-state index in [0.717, 1.165) is 22.8 Å². The Morgan fingerprint density at radius 2 is 1.94 bits per heavy atom. The molecule has 0 spiro atoms. The van der Waals surface area contributed by atoms with Crippen molar-refractivity contribution in [3.8, 4) is 10.8 Å². The van der Waals surface area contributed by atoms with E-state index in [1.165, 1.54) is 18.4 Å². The zero-order valence-corrected chi connectivity index (χ0v) is 12.1. The first-order chi connectivity index (χ1) is 8.83. The number of thiophene rings is 1. The molecule has 0 saturated heterocycles. The van der Waals surface area contributed by atoms with Crippen LogP contribution < -0.4 is 4.74 Å². The van der Waals surface area contributed by atoms with Crippen molar-refractivity contribution in [1.82, 2.24) is 0 Å². The van der Waals surface area contributed by atoms with Gasteiger partial charge in [0.15, 0.2) is 5.06 Å². The third-order valence-electron chi connectivity index (χ3n) is 2.79. The highest BCUT2D eigenvalue weighted by Crippen LogP contribution is 2.32. The van der Waals surface area contributed by atoms with E-state index >= 15 is 0 Å². The minimum atomic E-state index is 0.543. The van der Waals surface area contributed by atoms with Crippen LogP contribution in [0.15, 0.2) is 35.7 Å². The van der Waals surface area contributed by atoms with Gasteiger partial charge in [-0.15, -0.1) is 22.9 Å². The summed E-state index contributed by atoms with van der Waals surface area (Å²) >= 11 is 7.42. The molecule has 0 amide bonds. The molecule has 1 nitrogen and oxygen atoms in total. The zero-order chi connectivity index (χ0) is 12.8. The van der Waals surface area contributed by atoms with Gasteiger partial charge in [0, 0.05) is 11.4 Å². The van der Waals surface area contributed by atoms with Crippen molar-refractivity contribution in [3.63, 3.8) is 0 Å². The number of hydrogen-bond acceptors (Lipinski definition) is 2. The Morgan fingerprint density at radius 3 is 2.61 bits per heavy atom. The minimum absolute atomic E-state index is 0.543. The number of alkyl halides is 1. The highest BCUT2D eigenvalue weighted by molar-refractivity contribution is 7.12. The summed E-state index contributed by atoms with van der Waals surface area (Å²) in [5, 5.41) is 3.11. The molecule has 0 unspecified atom stereocenters. The fourth-order valence-electron chi connectivity index (χ4n) is 1.72. The lowest BCUT2D eigenvalue weighted by atomic mass is 10.1. The second-order valence-electron chi connectivity index (χ2n) is 4.22. The van der Waals surface area contributed by atoms with Crippen LogP contribution >= 0.6 is 22.9 Å². The fourth-order valence-corrected chi connectivity index (χ4v) is 2.72. The van der Waals surface area contributed by atoms with Crippen LogP contribution in [0.4, 0.5) is 0 Å². The lowest BCUT2D eigenvalue weighted by Gasteiger charge is -2.06. The molecule has 3 heteroatoms. The molecular formula is C15H17ClOS. The molecule has 2 rings (SSSR count). The second-order valence-corrected chi connectivity index (χ2v) is 5.36. The summed E-state index contributed by atoms with van der Waals surface area (Å²) in [6.45, 7) is 2.21. The predicted molar refractivity (Wildman–Crippen MR) is 79.0 cm³/mol. The van der Waals surface area contributed by atoms with E-state index in [9.17, 15) is 0 Å². The number of aryl methyl sites for hydroxylation is 1. The van der Waals surface area contributed by atoms with E-state index in [4.69, 9.17) is 16.3 Å². The van der Waals surface area contributed by atoms with Crippen molar-refractivity contribution < 1.29 is 4.74 Å². The first-order valence-electron chi connectivity index (χ1n) is 6.22. The summed E-state index contributed by atoms with van der Waals surface area (Å²) in [5.74, 6) is 1.42. The molecule has 0 atom stereocenters. The first-order valence-corrected chi connectivity index (χ1v) is 7.64. The fraction of sp³-hybridized carbons (Fsp3) is 0.333. The summed E-state index contributed by atoms with van der Waals surface area (Å²) in [5.41, 5.74) is 2.42. The lowest BCUT2D eigenvalue weighted by Crippen LogP contribution is -1.88. The molecule has 0 bridgehead atoms. The smallest absolute Gasteiger partial charge is 0.184 e. The van der Waals surface area contributed by atoms with Crippen LogP contribution in [0.1, 0.15) is 30.9 Å². The van der Waals surface area contributed by atoms with Crippen molar-refractivity contribution in [3.05, 3.63) is 46.8 Å². The van der Waals surface area contributed by atoms with E-state index < -0.39 is 0 Å². The van der Waals surface area contributed by atoms with Gasteiger partial charge >= 0.3 is 0 Å². The van der Waals surface area contributed by atoms with Crippen molar-refractivity contribution in [2.45, 2.75) is 32.1 Å². The number of rotatable bonds is 6. The van der Waals surface area contributed by atoms with E-state index in [-0.39, 0.29) is 0 Å². The lowest BCUT2D eigenvalue weighted by molar-refractivity contribution is 0.489. The molecule has 0 aliphatic rings. The van der Waals surface area contributed by atoms with Gasteiger partial charge < -0.3 is 4.74 Å². The second kappa shape index (κ2) is 6.81. The largest absolute Gasteiger partial charge is 0.446 e. The molecule has 1 aromatic heterocycles. The van der Waals surface area contributed by atoms with Crippen molar-refractivity contribution in [2.24, 2.45) is 0 Å². The molecule has 2 aromatic rings. The van der Waals surface area contributed by atoms with E-state index in [1.54, 1.807) is 11.3 Å². The number of benzene rings is 1. The van der Waals surface area contributed by atoms with Crippen molar-refractivity contribution in [2.75, 3.05) is 0 Å². The Balaban J connectivity index is 2.05. The molecule has 0 saturated carbocycles.